The number of ether oxygens (including phenoxy) is 1. The first-order valence-corrected chi connectivity index (χ1v) is 10.2. The van der Waals surface area contributed by atoms with Gasteiger partial charge in [-0.05, 0) is 55.3 Å². The van der Waals surface area contributed by atoms with E-state index in [0.29, 0.717) is 16.9 Å². The summed E-state index contributed by atoms with van der Waals surface area (Å²) in [6.07, 6.45) is 4.96. The molecule has 3 aromatic rings. The number of likely N-dealkylation sites (tertiary alicyclic amines) is 1. The van der Waals surface area contributed by atoms with Gasteiger partial charge in [0.05, 0.1) is 11.3 Å². The zero-order valence-electron chi connectivity index (χ0n) is 17.7. The van der Waals surface area contributed by atoms with Gasteiger partial charge in [-0.2, -0.15) is 0 Å². The van der Waals surface area contributed by atoms with Gasteiger partial charge < -0.3 is 21.1 Å². The maximum absolute atomic E-state index is 10.8. The molecule has 1 aliphatic rings. The van der Waals surface area contributed by atoms with Crippen molar-refractivity contribution in [3.8, 4) is 11.5 Å². The highest BCUT2D eigenvalue weighted by atomic mass is 16.5. The summed E-state index contributed by atoms with van der Waals surface area (Å²) in [7, 11) is 0. The topological polar surface area (TPSA) is 131 Å². The lowest BCUT2D eigenvalue weighted by Gasteiger charge is -2.10. The molecule has 1 aliphatic heterocycles. The number of carbonyl (C=O) groups excluding carboxylic acids is 1. The molecule has 0 aliphatic carbocycles. The third-order valence-electron chi connectivity index (χ3n) is 4.87. The lowest BCUT2D eigenvalue weighted by molar-refractivity contribution is -0.124. The Morgan fingerprint density at radius 3 is 2.09 bits per heavy atom. The molecular formula is C24H26N6O2. The van der Waals surface area contributed by atoms with Gasteiger partial charge in [-0.25, -0.2) is 9.97 Å². The predicted molar refractivity (Wildman–Crippen MR) is 126 cm³/mol. The number of nitrogens with one attached hydrogen (secondary N) is 1. The number of aromatic nitrogens is 2. The molecule has 0 radical (unpaired) electrons. The summed E-state index contributed by atoms with van der Waals surface area (Å²) < 4.78 is 5.72. The van der Waals surface area contributed by atoms with Gasteiger partial charge in [0, 0.05) is 18.7 Å². The van der Waals surface area contributed by atoms with Crippen molar-refractivity contribution in [2.75, 3.05) is 24.6 Å². The molecular weight excluding hydrogens is 404 g/mol. The third-order valence-corrected chi connectivity index (χ3v) is 4.87. The van der Waals surface area contributed by atoms with Crippen LogP contribution in [0.5, 0.6) is 11.5 Å². The molecule has 2 aromatic carbocycles. The number of anilines is 2. The number of carbonyl (C=O) groups is 1. The molecule has 164 valence electrons. The summed E-state index contributed by atoms with van der Waals surface area (Å²) in [5, 5.41) is 8.26. The van der Waals surface area contributed by atoms with E-state index in [-0.39, 0.29) is 23.3 Å². The molecule has 0 saturated carbocycles. The molecule has 0 bridgehead atoms. The number of para-hydroxylation sites is 1. The quantitative estimate of drug-likeness (QED) is 0.418. The van der Waals surface area contributed by atoms with Gasteiger partial charge in [0.15, 0.2) is 0 Å². The zero-order chi connectivity index (χ0) is 22.9. The van der Waals surface area contributed by atoms with Crippen molar-refractivity contribution < 1.29 is 9.53 Å². The molecule has 0 spiro atoms. The Balaban J connectivity index is 0.000000269. The summed E-state index contributed by atoms with van der Waals surface area (Å²) in [5.41, 5.74) is 12.8. The standard InChI is InChI=1S/C17H15N5O.C7H11NO/c18-15(14-16(19)21-10-22-17(14)20)11-6-8-13(9-7-11)23-12-4-2-1-3-5-12;1-2-7(9)8-5-3-4-6-8/h1-10,18H,(H4,19,20,21,22);2H,1,3-6H2. The van der Waals surface area contributed by atoms with Crippen molar-refractivity contribution in [3.05, 3.63) is 84.7 Å². The Morgan fingerprint density at radius 2 is 1.53 bits per heavy atom. The largest absolute Gasteiger partial charge is 0.457 e. The van der Waals surface area contributed by atoms with Crippen molar-refractivity contribution in [2.45, 2.75) is 12.8 Å². The van der Waals surface area contributed by atoms with Crippen LogP contribution < -0.4 is 16.2 Å². The Kier molecular flexibility index (Phi) is 7.53. The van der Waals surface area contributed by atoms with Gasteiger partial charge in [-0.1, -0.05) is 24.8 Å². The molecule has 1 fully saturated rings. The van der Waals surface area contributed by atoms with E-state index in [0.717, 1.165) is 31.7 Å². The number of benzene rings is 2. The van der Waals surface area contributed by atoms with Crippen LogP contribution in [0, 0.1) is 5.41 Å². The first-order valence-electron chi connectivity index (χ1n) is 10.2. The van der Waals surface area contributed by atoms with Gasteiger partial charge >= 0.3 is 0 Å². The minimum absolute atomic E-state index is 0.0764. The second-order valence-electron chi connectivity index (χ2n) is 7.07. The average molecular weight is 431 g/mol. The van der Waals surface area contributed by atoms with E-state index < -0.39 is 0 Å². The molecule has 2 heterocycles. The van der Waals surface area contributed by atoms with Crippen LogP contribution in [0.4, 0.5) is 11.6 Å². The molecule has 0 unspecified atom stereocenters. The van der Waals surface area contributed by atoms with E-state index in [4.69, 9.17) is 21.6 Å². The fraction of sp³-hybridized carbons (Fsp3) is 0.167. The summed E-state index contributed by atoms with van der Waals surface area (Å²) in [5.74, 6) is 1.88. The third kappa shape index (κ3) is 5.69. The number of hydrogen-bond acceptors (Lipinski definition) is 7. The van der Waals surface area contributed by atoms with Gasteiger partial charge in [0.2, 0.25) is 5.91 Å². The number of rotatable bonds is 5. The molecule has 4 rings (SSSR count). The maximum Gasteiger partial charge on any atom is 0.245 e. The van der Waals surface area contributed by atoms with Crippen molar-refractivity contribution in [1.82, 2.24) is 14.9 Å². The second-order valence-corrected chi connectivity index (χ2v) is 7.07. The van der Waals surface area contributed by atoms with Gasteiger partial charge in [-0.3, -0.25) is 10.2 Å². The predicted octanol–water partition coefficient (Wildman–Crippen LogP) is 3.64. The average Bonchev–Trinajstić information content (AvgIpc) is 3.35. The van der Waals surface area contributed by atoms with Gasteiger partial charge in [0.25, 0.3) is 0 Å². The number of hydrogen-bond donors (Lipinski definition) is 3. The summed E-state index contributed by atoms with van der Waals surface area (Å²) >= 11 is 0. The zero-order valence-corrected chi connectivity index (χ0v) is 17.7. The first kappa shape index (κ1) is 22.5. The van der Waals surface area contributed by atoms with Crippen molar-refractivity contribution in [2.24, 2.45) is 0 Å². The molecule has 1 amide bonds. The number of nitrogens with two attached hydrogens (primary N) is 2. The number of nitrogens with zero attached hydrogens (tertiary/aromatic N) is 3. The Morgan fingerprint density at radius 1 is 0.969 bits per heavy atom. The van der Waals surface area contributed by atoms with E-state index in [1.807, 2.05) is 35.2 Å². The molecule has 8 nitrogen and oxygen atoms in total. The highest BCUT2D eigenvalue weighted by Crippen LogP contribution is 2.24. The Hall–Kier alpha value is -4.20. The molecule has 1 saturated heterocycles. The van der Waals surface area contributed by atoms with Crippen LogP contribution >= 0.6 is 0 Å². The van der Waals surface area contributed by atoms with Crippen LogP contribution in [0.15, 0.2) is 73.6 Å². The van der Waals surface area contributed by atoms with E-state index >= 15 is 0 Å². The monoisotopic (exact) mass is 430 g/mol. The minimum atomic E-state index is 0.0764. The molecule has 5 N–H and O–H groups in total. The highest BCUT2D eigenvalue weighted by Gasteiger charge is 2.15. The van der Waals surface area contributed by atoms with Crippen molar-refractivity contribution in [1.29, 1.82) is 5.41 Å². The number of amides is 1. The van der Waals surface area contributed by atoms with Crippen molar-refractivity contribution in [3.63, 3.8) is 0 Å². The Bertz CT molecular complexity index is 1060. The summed E-state index contributed by atoms with van der Waals surface area (Å²) in [4.78, 5) is 20.4. The van der Waals surface area contributed by atoms with E-state index in [1.165, 1.54) is 12.4 Å². The van der Waals surface area contributed by atoms with Gasteiger partial charge in [-0.15, -0.1) is 0 Å². The number of nitrogen functional groups attached to an aromatic ring is 2. The van der Waals surface area contributed by atoms with Crippen LogP contribution in [0.1, 0.15) is 24.0 Å². The van der Waals surface area contributed by atoms with Crippen LogP contribution in [0.25, 0.3) is 0 Å². The molecule has 32 heavy (non-hydrogen) atoms. The van der Waals surface area contributed by atoms with E-state index in [1.54, 1.807) is 24.3 Å². The molecule has 0 atom stereocenters. The SMILES string of the molecule is C=CC(=O)N1CCCC1.N=C(c1ccc(Oc2ccccc2)cc1)c1c(N)ncnc1N. The summed E-state index contributed by atoms with van der Waals surface area (Å²) in [6.45, 7) is 5.26. The fourth-order valence-electron chi connectivity index (χ4n) is 3.19. The maximum atomic E-state index is 10.8. The van der Waals surface area contributed by atoms with Crippen molar-refractivity contribution >= 4 is 23.3 Å². The highest BCUT2D eigenvalue weighted by molar-refractivity contribution is 6.15. The van der Waals surface area contributed by atoms with Crippen LogP contribution in [-0.2, 0) is 4.79 Å². The van der Waals surface area contributed by atoms with Gasteiger partial charge in [0.1, 0.15) is 29.5 Å². The van der Waals surface area contributed by atoms with Crippen LogP contribution in [0.3, 0.4) is 0 Å². The Labute approximate surface area is 187 Å². The normalized spacial score (nSPS) is 12.4. The fourth-order valence-corrected chi connectivity index (χ4v) is 3.19. The van der Waals surface area contributed by atoms with E-state index in [9.17, 15) is 4.79 Å². The minimum Gasteiger partial charge on any atom is -0.457 e. The second kappa shape index (κ2) is 10.7. The first-order chi connectivity index (χ1) is 15.5. The molecule has 1 aromatic heterocycles. The molecule has 8 heteroatoms. The van der Waals surface area contributed by atoms with Crippen LogP contribution in [0.2, 0.25) is 0 Å². The van der Waals surface area contributed by atoms with E-state index in [2.05, 4.69) is 16.5 Å². The summed E-state index contributed by atoms with van der Waals surface area (Å²) in [6, 6.07) is 16.6. The smallest absolute Gasteiger partial charge is 0.245 e. The van der Waals surface area contributed by atoms with Crippen LogP contribution in [-0.4, -0.2) is 39.6 Å². The lowest BCUT2D eigenvalue weighted by Crippen LogP contribution is -2.25. The lowest BCUT2D eigenvalue weighted by atomic mass is 10.0.